The zero-order valence-electron chi connectivity index (χ0n) is 12.5. The molecule has 0 bridgehead atoms. The van der Waals surface area contributed by atoms with Crippen molar-refractivity contribution >= 4 is 11.6 Å². The smallest absolute Gasteiger partial charge is 0.125 e. The lowest BCUT2D eigenvalue weighted by Gasteiger charge is -2.27. The Labute approximate surface area is 122 Å². The molecule has 19 heavy (non-hydrogen) atoms. The van der Waals surface area contributed by atoms with E-state index < -0.39 is 0 Å². The molecule has 1 aromatic carbocycles. The van der Waals surface area contributed by atoms with Gasteiger partial charge < -0.3 is 10.1 Å². The third-order valence-electron chi connectivity index (χ3n) is 3.46. The predicted molar refractivity (Wildman–Crippen MR) is 83.1 cm³/mol. The van der Waals surface area contributed by atoms with Crippen LogP contribution in [0.25, 0.3) is 0 Å². The third kappa shape index (κ3) is 4.70. The fourth-order valence-electron chi connectivity index (χ4n) is 2.48. The minimum atomic E-state index is 0.326. The van der Waals surface area contributed by atoms with E-state index in [9.17, 15) is 0 Å². The van der Waals surface area contributed by atoms with E-state index >= 15 is 0 Å². The zero-order valence-corrected chi connectivity index (χ0v) is 13.3. The van der Waals surface area contributed by atoms with Gasteiger partial charge in [-0.3, -0.25) is 0 Å². The summed E-state index contributed by atoms with van der Waals surface area (Å²) in [6.45, 7) is 7.73. The average molecular weight is 284 g/mol. The Morgan fingerprint density at radius 2 is 2.00 bits per heavy atom. The topological polar surface area (TPSA) is 21.3 Å². The number of halogens is 1. The first-order valence-electron chi connectivity index (χ1n) is 7.20. The van der Waals surface area contributed by atoms with Crippen LogP contribution in [0.4, 0.5) is 0 Å². The Bertz CT molecular complexity index is 381. The van der Waals surface area contributed by atoms with E-state index in [1.807, 2.05) is 12.1 Å². The minimum Gasteiger partial charge on any atom is -0.496 e. The number of benzene rings is 1. The van der Waals surface area contributed by atoms with Crippen LogP contribution in [0.5, 0.6) is 5.75 Å². The van der Waals surface area contributed by atoms with Crippen molar-refractivity contribution in [3.8, 4) is 5.75 Å². The van der Waals surface area contributed by atoms with E-state index in [0.29, 0.717) is 12.0 Å². The summed E-state index contributed by atoms with van der Waals surface area (Å²) in [5, 5.41) is 4.36. The number of methoxy groups -OCH3 is 1. The molecular weight excluding hydrogens is 258 g/mol. The maximum absolute atomic E-state index is 6.04. The molecule has 0 aliphatic rings. The molecule has 2 unspecified atom stereocenters. The molecule has 0 fully saturated rings. The molecule has 1 N–H and O–H groups in total. The number of nitrogens with one attached hydrogen (secondary N) is 1. The lowest BCUT2D eigenvalue weighted by Crippen LogP contribution is -2.28. The lowest BCUT2D eigenvalue weighted by atomic mass is 9.90. The summed E-state index contributed by atoms with van der Waals surface area (Å²) in [6, 6.07) is 6.25. The van der Waals surface area contributed by atoms with E-state index in [1.165, 1.54) is 18.4 Å². The molecule has 108 valence electrons. The highest BCUT2D eigenvalue weighted by Gasteiger charge is 2.21. The second-order valence-electron chi connectivity index (χ2n) is 5.08. The van der Waals surface area contributed by atoms with Crippen molar-refractivity contribution in [1.29, 1.82) is 0 Å². The molecule has 0 saturated heterocycles. The van der Waals surface area contributed by atoms with Gasteiger partial charge in [-0.2, -0.15) is 0 Å². The molecule has 0 saturated carbocycles. The van der Waals surface area contributed by atoms with Crippen molar-refractivity contribution in [2.24, 2.45) is 5.92 Å². The summed E-state index contributed by atoms with van der Waals surface area (Å²) < 4.78 is 5.49. The molecule has 0 amide bonds. The zero-order chi connectivity index (χ0) is 14.3. The maximum Gasteiger partial charge on any atom is 0.125 e. The van der Waals surface area contributed by atoms with Gasteiger partial charge in [0.25, 0.3) is 0 Å². The molecule has 0 heterocycles. The van der Waals surface area contributed by atoms with E-state index in [0.717, 1.165) is 23.7 Å². The van der Waals surface area contributed by atoms with Gasteiger partial charge in [0.15, 0.2) is 0 Å². The molecule has 1 rings (SSSR count). The van der Waals surface area contributed by atoms with Crippen LogP contribution in [0.2, 0.25) is 5.02 Å². The fraction of sp³-hybridized carbons (Fsp3) is 0.625. The van der Waals surface area contributed by atoms with Crippen LogP contribution in [0.3, 0.4) is 0 Å². The molecule has 1 aromatic rings. The highest BCUT2D eigenvalue weighted by Crippen LogP contribution is 2.34. The van der Waals surface area contributed by atoms with Crippen molar-refractivity contribution in [2.75, 3.05) is 13.7 Å². The van der Waals surface area contributed by atoms with Gasteiger partial charge in [0.05, 0.1) is 7.11 Å². The number of ether oxygens (including phenoxy) is 1. The Kier molecular flexibility index (Phi) is 7.25. The van der Waals surface area contributed by atoms with E-state index in [-0.39, 0.29) is 0 Å². The number of hydrogen-bond acceptors (Lipinski definition) is 2. The molecule has 0 aliphatic heterocycles. The standard InChI is InChI=1S/C16H26ClNO/c1-5-7-12(3)16(18-10-6-2)14-9-8-13(17)11-15(14)19-4/h8-9,11-12,16,18H,5-7,10H2,1-4H3. The Hall–Kier alpha value is -0.730. The first-order chi connectivity index (χ1) is 9.13. The summed E-state index contributed by atoms with van der Waals surface area (Å²) in [4.78, 5) is 0. The fourth-order valence-corrected chi connectivity index (χ4v) is 2.64. The van der Waals surface area contributed by atoms with Crippen LogP contribution in [0.15, 0.2) is 18.2 Å². The Morgan fingerprint density at radius 3 is 2.58 bits per heavy atom. The summed E-state index contributed by atoms with van der Waals surface area (Å²) in [5.41, 5.74) is 1.21. The first-order valence-corrected chi connectivity index (χ1v) is 7.58. The monoisotopic (exact) mass is 283 g/mol. The largest absolute Gasteiger partial charge is 0.496 e. The van der Waals surface area contributed by atoms with E-state index in [2.05, 4.69) is 32.2 Å². The van der Waals surface area contributed by atoms with Gasteiger partial charge >= 0.3 is 0 Å². The summed E-state index contributed by atoms with van der Waals surface area (Å²) >= 11 is 6.04. The van der Waals surface area contributed by atoms with Crippen LogP contribution in [-0.4, -0.2) is 13.7 Å². The average Bonchev–Trinajstić information content (AvgIpc) is 2.40. The maximum atomic E-state index is 6.04. The highest BCUT2D eigenvalue weighted by atomic mass is 35.5. The third-order valence-corrected chi connectivity index (χ3v) is 3.69. The molecule has 0 aromatic heterocycles. The van der Waals surface area contributed by atoms with Gasteiger partial charge in [-0.25, -0.2) is 0 Å². The van der Waals surface area contributed by atoms with Gasteiger partial charge in [-0.15, -0.1) is 0 Å². The molecule has 2 atom stereocenters. The highest BCUT2D eigenvalue weighted by molar-refractivity contribution is 6.30. The number of rotatable bonds is 8. The summed E-state index contributed by atoms with van der Waals surface area (Å²) in [5.74, 6) is 1.45. The quantitative estimate of drug-likeness (QED) is 0.738. The molecule has 3 heteroatoms. The SMILES string of the molecule is CCCNC(c1ccc(Cl)cc1OC)C(C)CCC. The minimum absolute atomic E-state index is 0.326. The first kappa shape index (κ1) is 16.3. The van der Waals surface area contributed by atoms with Crippen molar-refractivity contribution in [3.05, 3.63) is 28.8 Å². The Balaban J connectivity index is 3.01. The molecular formula is C16H26ClNO. The second-order valence-corrected chi connectivity index (χ2v) is 5.52. The second kappa shape index (κ2) is 8.44. The van der Waals surface area contributed by atoms with E-state index in [4.69, 9.17) is 16.3 Å². The summed E-state index contributed by atoms with van der Waals surface area (Å²) in [6.07, 6.45) is 3.53. The van der Waals surface area contributed by atoms with Gasteiger partial charge in [0.1, 0.15) is 5.75 Å². The normalized spacial score (nSPS) is 14.2. The molecule has 2 nitrogen and oxygen atoms in total. The van der Waals surface area contributed by atoms with Gasteiger partial charge in [-0.1, -0.05) is 44.9 Å². The predicted octanol–water partition coefficient (Wildman–Crippen LogP) is 4.83. The van der Waals surface area contributed by atoms with Crippen molar-refractivity contribution in [3.63, 3.8) is 0 Å². The van der Waals surface area contributed by atoms with Crippen LogP contribution >= 0.6 is 11.6 Å². The van der Waals surface area contributed by atoms with Crippen LogP contribution in [0.1, 0.15) is 51.6 Å². The van der Waals surface area contributed by atoms with Gasteiger partial charge in [0, 0.05) is 16.6 Å². The van der Waals surface area contributed by atoms with Crippen LogP contribution < -0.4 is 10.1 Å². The number of hydrogen-bond donors (Lipinski definition) is 1. The molecule has 0 spiro atoms. The molecule has 0 radical (unpaired) electrons. The van der Waals surface area contributed by atoms with Gasteiger partial charge in [-0.05, 0) is 37.4 Å². The Morgan fingerprint density at radius 1 is 1.26 bits per heavy atom. The lowest BCUT2D eigenvalue weighted by molar-refractivity contribution is 0.342. The van der Waals surface area contributed by atoms with Gasteiger partial charge in [0.2, 0.25) is 0 Å². The summed E-state index contributed by atoms with van der Waals surface area (Å²) in [7, 11) is 1.70. The van der Waals surface area contributed by atoms with Crippen molar-refractivity contribution in [2.45, 2.75) is 46.1 Å². The van der Waals surface area contributed by atoms with Crippen LogP contribution in [0, 0.1) is 5.92 Å². The van der Waals surface area contributed by atoms with Crippen LogP contribution in [-0.2, 0) is 0 Å². The van der Waals surface area contributed by atoms with E-state index in [1.54, 1.807) is 7.11 Å². The van der Waals surface area contributed by atoms with Crippen molar-refractivity contribution < 1.29 is 4.74 Å². The molecule has 0 aliphatic carbocycles. The van der Waals surface area contributed by atoms with Crippen molar-refractivity contribution in [1.82, 2.24) is 5.32 Å².